The Morgan fingerprint density at radius 3 is 2.69 bits per heavy atom. The zero-order chi connectivity index (χ0) is 20.2. The van der Waals surface area contributed by atoms with Gasteiger partial charge in [0, 0.05) is 18.7 Å². The zero-order valence-electron chi connectivity index (χ0n) is 15.9. The van der Waals surface area contributed by atoms with E-state index in [1.807, 2.05) is 36.4 Å². The number of aromatic nitrogens is 3. The average Bonchev–Trinajstić information content (AvgIpc) is 3.42. The van der Waals surface area contributed by atoms with Crippen molar-refractivity contribution in [3.63, 3.8) is 0 Å². The second-order valence-corrected chi connectivity index (χ2v) is 7.66. The molecule has 0 bridgehead atoms. The molecule has 1 heterocycles. The lowest BCUT2D eigenvalue weighted by Gasteiger charge is -2.14. The van der Waals surface area contributed by atoms with E-state index in [9.17, 15) is 4.79 Å². The number of nitrogen functional groups attached to an aromatic ring is 1. The Balaban J connectivity index is 1.38. The number of hydrogen-bond acceptors (Lipinski definition) is 5. The number of amides is 1. The van der Waals surface area contributed by atoms with Gasteiger partial charge in [0.1, 0.15) is 19.2 Å². The Morgan fingerprint density at radius 1 is 1.21 bits per heavy atom. The number of rotatable bonds is 8. The third kappa shape index (κ3) is 4.86. The van der Waals surface area contributed by atoms with E-state index >= 15 is 0 Å². The minimum atomic E-state index is -0.121. The number of nitrogens with one attached hydrogen (secondary N) is 2. The monoisotopic (exact) mass is 410 g/mol. The molecule has 29 heavy (non-hydrogen) atoms. The molecule has 4 rings (SSSR count). The first kappa shape index (κ1) is 19.3. The van der Waals surface area contributed by atoms with Crippen molar-refractivity contribution >= 4 is 28.9 Å². The summed E-state index contributed by atoms with van der Waals surface area (Å²) in [7, 11) is 0. The van der Waals surface area contributed by atoms with Gasteiger partial charge in [-0.3, -0.25) is 4.79 Å². The van der Waals surface area contributed by atoms with Crippen molar-refractivity contribution in [1.29, 1.82) is 0 Å². The Bertz CT molecular complexity index is 983. The lowest BCUT2D eigenvalue weighted by atomic mass is 10.0. The van der Waals surface area contributed by atoms with Crippen LogP contribution in [-0.4, -0.2) is 27.2 Å². The number of hydrogen-bond donors (Lipinski definition) is 3. The van der Waals surface area contributed by atoms with Gasteiger partial charge in [0.2, 0.25) is 5.91 Å². The van der Waals surface area contributed by atoms with E-state index in [-0.39, 0.29) is 12.5 Å². The molecule has 0 radical (unpaired) electrons. The van der Waals surface area contributed by atoms with Crippen molar-refractivity contribution in [3.05, 3.63) is 59.6 Å². The molecule has 1 aliphatic carbocycles. The molecule has 1 aromatic heterocycles. The fourth-order valence-corrected chi connectivity index (χ4v) is 3.34. The van der Waals surface area contributed by atoms with Gasteiger partial charge >= 0.3 is 0 Å². The van der Waals surface area contributed by atoms with Crippen molar-refractivity contribution in [3.8, 4) is 11.1 Å². The maximum Gasteiger partial charge on any atom is 0.242 e. The Hall–Kier alpha value is -3.06. The van der Waals surface area contributed by atoms with Crippen molar-refractivity contribution < 1.29 is 4.79 Å². The minimum Gasteiger partial charge on any atom is -0.396 e. The number of anilines is 2. The molecule has 1 aliphatic rings. The molecule has 1 amide bonds. The Labute approximate surface area is 174 Å². The molecule has 1 fully saturated rings. The van der Waals surface area contributed by atoms with Crippen LogP contribution in [0.4, 0.5) is 11.4 Å². The largest absolute Gasteiger partial charge is 0.396 e. The van der Waals surface area contributed by atoms with E-state index in [0.29, 0.717) is 17.3 Å². The van der Waals surface area contributed by atoms with Crippen molar-refractivity contribution in [2.75, 3.05) is 17.6 Å². The van der Waals surface area contributed by atoms with Crippen LogP contribution >= 0.6 is 11.6 Å². The Morgan fingerprint density at radius 2 is 2.00 bits per heavy atom. The lowest BCUT2D eigenvalue weighted by molar-refractivity contribution is -0.122. The number of halogens is 1. The first-order valence-corrected chi connectivity index (χ1v) is 9.98. The van der Waals surface area contributed by atoms with Crippen LogP contribution in [0.25, 0.3) is 11.1 Å². The molecule has 7 nitrogen and oxygen atoms in total. The van der Waals surface area contributed by atoms with Crippen molar-refractivity contribution in [2.45, 2.75) is 25.9 Å². The predicted octanol–water partition coefficient (Wildman–Crippen LogP) is 3.32. The van der Waals surface area contributed by atoms with Gasteiger partial charge in [-0.25, -0.2) is 9.67 Å². The summed E-state index contributed by atoms with van der Waals surface area (Å²) in [5.74, 6) is 0.641. The molecule has 8 heteroatoms. The van der Waals surface area contributed by atoms with E-state index in [1.165, 1.54) is 30.2 Å². The molecule has 3 aromatic rings. The molecule has 0 atom stereocenters. The highest BCUT2D eigenvalue weighted by atomic mass is 35.5. The van der Waals surface area contributed by atoms with E-state index in [1.54, 1.807) is 0 Å². The molecule has 150 valence electrons. The first-order chi connectivity index (χ1) is 14.1. The maximum atomic E-state index is 11.9. The highest BCUT2D eigenvalue weighted by molar-refractivity contribution is 6.36. The normalized spacial score (nSPS) is 13.3. The highest BCUT2D eigenvalue weighted by Crippen LogP contribution is 2.38. The van der Waals surface area contributed by atoms with Crippen LogP contribution in [0.1, 0.15) is 18.4 Å². The lowest BCUT2D eigenvalue weighted by Crippen LogP contribution is -2.27. The van der Waals surface area contributed by atoms with Gasteiger partial charge in [-0.2, -0.15) is 5.10 Å². The zero-order valence-corrected chi connectivity index (χ0v) is 16.7. The smallest absolute Gasteiger partial charge is 0.242 e. The number of nitrogens with zero attached hydrogens (tertiary/aromatic N) is 3. The number of nitrogens with two attached hydrogens (primary N) is 1. The summed E-state index contributed by atoms with van der Waals surface area (Å²) in [5.41, 5.74) is 10.6. The second-order valence-electron chi connectivity index (χ2n) is 7.28. The fraction of sp³-hybridized carbons (Fsp3) is 0.286. The summed E-state index contributed by atoms with van der Waals surface area (Å²) < 4.78 is 1.48. The predicted molar refractivity (Wildman–Crippen MR) is 114 cm³/mol. The van der Waals surface area contributed by atoms with Crippen LogP contribution in [0, 0.1) is 5.92 Å². The maximum absolute atomic E-state index is 11.9. The molecular weight excluding hydrogens is 388 g/mol. The first-order valence-electron chi connectivity index (χ1n) is 9.60. The molecule has 0 unspecified atom stereocenters. The van der Waals surface area contributed by atoms with Crippen molar-refractivity contribution in [2.24, 2.45) is 5.92 Å². The van der Waals surface area contributed by atoms with E-state index in [2.05, 4.69) is 20.7 Å². The number of carbonyl (C=O) groups is 1. The quantitative estimate of drug-likeness (QED) is 0.495. The number of benzene rings is 2. The summed E-state index contributed by atoms with van der Waals surface area (Å²) in [5, 5.41) is 10.7. The molecule has 0 saturated heterocycles. The van der Waals surface area contributed by atoms with Crippen LogP contribution < -0.4 is 16.4 Å². The number of carbonyl (C=O) groups excluding carboxylic acids is 1. The molecule has 1 saturated carbocycles. The fourth-order valence-electron chi connectivity index (χ4n) is 3.07. The summed E-state index contributed by atoms with van der Waals surface area (Å²) in [4.78, 5) is 15.8. The van der Waals surface area contributed by atoms with E-state index < -0.39 is 0 Å². The molecule has 4 N–H and O–H groups in total. The summed E-state index contributed by atoms with van der Waals surface area (Å²) in [6, 6.07) is 11.9. The van der Waals surface area contributed by atoms with Gasteiger partial charge < -0.3 is 16.4 Å². The SMILES string of the molecule is Nc1c(NCC2CC2)ccc(-c2ccc(CNC(=O)Cn3cncn3)cc2)c1Cl. The van der Waals surface area contributed by atoms with Crippen LogP contribution in [0.15, 0.2) is 49.1 Å². The third-order valence-corrected chi connectivity index (χ3v) is 5.39. The van der Waals surface area contributed by atoms with Gasteiger partial charge in [-0.1, -0.05) is 41.9 Å². The van der Waals surface area contributed by atoms with Gasteiger partial charge in [0.15, 0.2) is 0 Å². The summed E-state index contributed by atoms with van der Waals surface area (Å²) in [6.07, 6.45) is 5.48. The Kier molecular flexibility index (Phi) is 5.67. The van der Waals surface area contributed by atoms with Crippen LogP contribution in [0.2, 0.25) is 5.02 Å². The van der Waals surface area contributed by atoms with Gasteiger partial charge in [0.25, 0.3) is 0 Å². The molecule has 0 aliphatic heterocycles. The topological polar surface area (TPSA) is 97.9 Å². The van der Waals surface area contributed by atoms with Gasteiger partial charge in [-0.15, -0.1) is 0 Å². The second kappa shape index (κ2) is 8.53. The van der Waals surface area contributed by atoms with Gasteiger partial charge in [0.05, 0.1) is 16.4 Å². The third-order valence-electron chi connectivity index (χ3n) is 4.98. The van der Waals surface area contributed by atoms with E-state index in [0.717, 1.165) is 34.8 Å². The summed E-state index contributed by atoms with van der Waals surface area (Å²) >= 11 is 6.54. The van der Waals surface area contributed by atoms with Gasteiger partial charge in [-0.05, 0) is 36.0 Å². The molecule has 2 aromatic carbocycles. The minimum absolute atomic E-state index is 0.121. The van der Waals surface area contributed by atoms with E-state index in [4.69, 9.17) is 17.3 Å². The van der Waals surface area contributed by atoms with Crippen molar-refractivity contribution in [1.82, 2.24) is 20.1 Å². The average molecular weight is 411 g/mol. The standard InChI is InChI=1S/C21H23ClN6O/c22-20-17(7-8-18(21(20)23)25-9-14-1-2-14)16-5-3-15(4-6-16)10-26-19(29)11-28-13-24-12-27-28/h3-8,12-14,25H,1-2,9-11,23H2,(H,26,29). The van der Waals surface area contributed by atoms with Crippen LogP contribution in [0.5, 0.6) is 0 Å². The summed E-state index contributed by atoms with van der Waals surface area (Å²) in [6.45, 7) is 1.53. The van der Waals surface area contributed by atoms with Crippen LogP contribution in [0.3, 0.4) is 0 Å². The van der Waals surface area contributed by atoms with Crippen LogP contribution in [-0.2, 0) is 17.9 Å². The molecular formula is C21H23ClN6O. The molecule has 0 spiro atoms. The highest BCUT2D eigenvalue weighted by Gasteiger charge is 2.21.